The molecule has 2 fully saturated rings. The number of methoxy groups -OCH3 is 1. The highest BCUT2D eigenvalue weighted by atomic mass is 19.1. The van der Waals surface area contributed by atoms with E-state index < -0.39 is 0 Å². The molecule has 0 radical (unpaired) electrons. The molecule has 1 atom stereocenters. The lowest BCUT2D eigenvalue weighted by molar-refractivity contribution is -0.133. The molecule has 1 amide bonds. The molecule has 0 saturated carbocycles. The van der Waals surface area contributed by atoms with Gasteiger partial charge in [-0.15, -0.1) is 0 Å². The van der Waals surface area contributed by atoms with Crippen LogP contribution in [0.5, 0.6) is 5.75 Å². The summed E-state index contributed by atoms with van der Waals surface area (Å²) in [6.07, 6.45) is 3.04. The SMILES string of the molecule is COc1ccc(C2CCN(C3CCN(Cc4ccc(F)cc4)C3=O)CC2)cc1. The lowest BCUT2D eigenvalue weighted by Gasteiger charge is -2.35. The Labute approximate surface area is 165 Å². The molecular weight excluding hydrogens is 355 g/mol. The molecule has 28 heavy (non-hydrogen) atoms. The summed E-state index contributed by atoms with van der Waals surface area (Å²) in [6, 6.07) is 14.8. The van der Waals surface area contributed by atoms with Gasteiger partial charge in [0.2, 0.25) is 5.91 Å². The summed E-state index contributed by atoms with van der Waals surface area (Å²) >= 11 is 0. The van der Waals surface area contributed by atoms with Crippen molar-refractivity contribution in [2.24, 2.45) is 0 Å². The normalized spacial score (nSPS) is 21.3. The predicted molar refractivity (Wildman–Crippen MR) is 107 cm³/mol. The van der Waals surface area contributed by atoms with Crippen molar-refractivity contribution in [3.05, 3.63) is 65.5 Å². The summed E-state index contributed by atoms with van der Waals surface area (Å²) in [5.41, 5.74) is 2.34. The zero-order chi connectivity index (χ0) is 19.5. The van der Waals surface area contributed by atoms with E-state index in [4.69, 9.17) is 4.74 Å². The number of piperidine rings is 1. The molecule has 0 spiro atoms. The van der Waals surface area contributed by atoms with Crippen molar-refractivity contribution >= 4 is 5.91 Å². The summed E-state index contributed by atoms with van der Waals surface area (Å²) in [4.78, 5) is 17.2. The molecule has 148 valence electrons. The number of halogens is 1. The van der Waals surface area contributed by atoms with Gasteiger partial charge in [0.25, 0.3) is 0 Å². The molecule has 2 saturated heterocycles. The second-order valence-electron chi connectivity index (χ2n) is 7.77. The van der Waals surface area contributed by atoms with Crippen molar-refractivity contribution < 1.29 is 13.9 Å². The van der Waals surface area contributed by atoms with Crippen molar-refractivity contribution in [1.82, 2.24) is 9.80 Å². The van der Waals surface area contributed by atoms with E-state index >= 15 is 0 Å². The van der Waals surface area contributed by atoms with Crippen molar-refractivity contribution in [2.75, 3.05) is 26.7 Å². The van der Waals surface area contributed by atoms with Crippen LogP contribution in [0.4, 0.5) is 4.39 Å². The molecule has 2 aromatic carbocycles. The number of carbonyl (C=O) groups excluding carboxylic acids is 1. The quantitative estimate of drug-likeness (QED) is 0.788. The second-order valence-corrected chi connectivity index (χ2v) is 7.77. The third-order valence-electron chi connectivity index (χ3n) is 6.11. The van der Waals surface area contributed by atoms with Gasteiger partial charge in [-0.25, -0.2) is 4.39 Å². The van der Waals surface area contributed by atoms with Crippen LogP contribution in [0.25, 0.3) is 0 Å². The number of rotatable bonds is 5. The Morgan fingerprint density at radius 1 is 0.964 bits per heavy atom. The number of hydrogen-bond donors (Lipinski definition) is 0. The average Bonchev–Trinajstić information content (AvgIpc) is 3.10. The summed E-state index contributed by atoms with van der Waals surface area (Å²) in [6.45, 7) is 3.26. The predicted octanol–water partition coefficient (Wildman–Crippen LogP) is 3.81. The van der Waals surface area contributed by atoms with Crippen LogP contribution in [0.2, 0.25) is 0 Å². The van der Waals surface area contributed by atoms with Crippen molar-refractivity contribution in [1.29, 1.82) is 0 Å². The van der Waals surface area contributed by atoms with Gasteiger partial charge in [0.15, 0.2) is 0 Å². The first-order chi connectivity index (χ1) is 13.6. The van der Waals surface area contributed by atoms with Crippen LogP contribution in [0.1, 0.15) is 36.3 Å². The third kappa shape index (κ3) is 4.04. The molecule has 4 nitrogen and oxygen atoms in total. The summed E-state index contributed by atoms with van der Waals surface area (Å²) in [5, 5.41) is 0. The smallest absolute Gasteiger partial charge is 0.240 e. The van der Waals surface area contributed by atoms with E-state index in [2.05, 4.69) is 17.0 Å². The van der Waals surface area contributed by atoms with E-state index in [0.29, 0.717) is 12.5 Å². The minimum absolute atomic E-state index is 0.00253. The van der Waals surface area contributed by atoms with Crippen LogP contribution in [0.3, 0.4) is 0 Å². The Kier molecular flexibility index (Phi) is 5.62. The molecule has 2 aromatic rings. The molecule has 2 heterocycles. The molecule has 0 N–H and O–H groups in total. The monoisotopic (exact) mass is 382 g/mol. The van der Waals surface area contributed by atoms with E-state index in [1.165, 1.54) is 17.7 Å². The highest BCUT2D eigenvalue weighted by Crippen LogP contribution is 2.31. The summed E-state index contributed by atoms with van der Waals surface area (Å²) in [7, 11) is 1.69. The Hall–Kier alpha value is -2.40. The Balaban J connectivity index is 1.32. The number of ether oxygens (including phenoxy) is 1. The van der Waals surface area contributed by atoms with E-state index in [9.17, 15) is 9.18 Å². The van der Waals surface area contributed by atoms with Crippen molar-refractivity contribution in [2.45, 2.75) is 37.8 Å². The zero-order valence-corrected chi connectivity index (χ0v) is 16.3. The standard InChI is InChI=1S/C23H27FN2O2/c1-28-21-8-4-18(5-9-21)19-10-13-25(14-11-19)22-12-15-26(23(22)27)16-17-2-6-20(24)7-3-17/h2-9,19,22H,10-16H2,1H3. The molecule has 2 aliphatic heterocycles. The van der Waals surface area contributed by atoms with Crippen molar-refractivity contribution in [3.63, 3.8) is 0 Å². The molecular formula is C23H27FN2O2. The highest BCUT2D eigenvalue weighted by Gasteiger charge is 2.37. The molecule has 0 aliphatic carbocycles. The molecule has 2 aliphatic rings. The molecule has 0 aromatic heterocycles. The number of nitrogens with zero attached hydrogens (tertiary/aromatic N) is 2. The van der Waals surface area contributed by atoms with E-state index in [0.717, 1.165) is 50.2 Å². The first kappa shape index (κ1) is 18.9. The molecule has 1 unspecified atom stereocenters. The highest BCUT2D eigenvalue weighted by molar-refractivity contribution is 5.84. The lowest BCUT2D eigenvalue weighted by Crippen LogP contribution is -2.45. The number of carbonyl (C=O) groups is 1. The van der Waals surface area contributed by atoms with Crippen LogP contribution in [0, 0.1) is 5.82 Å². The maximum absolute atomic E-state index is 13.1. The maximum atomic E-state index is 13.1. The minimum atomic E-state index is -0.242. The van der Waals surface area contributed by atoms with Crippen LogP contribution < -0.4 is 4.74 Å². The maximum Gasteiger partial charge on any atom is 0.240 e. The third-order valence-corrected chi connectivity index (χ3v) is 6.11. The number of likely N-dealkylation sites (tertiary alicyclic amines) is 2. The number of hydrogen-bond acceptors (Lipinski definition) is 3. The van der Waals surface area contributed by atoms with Gasteiger partial charge < -0.3 is 9.64 Å². The minimum Gasteiger partial charge on any atom is -0.497 e. The topological polar surface area (TPSA) is 32.8 Å². The Morgan fingerprint density at radius 3 is 2.29 bits per heavy atom. The van der Waals surface area contributed by atoms with Gasteiger partial charge >= 0.3 is 0 Å². The van der Waals surface area contributed by atoms with Crippen LogP contribution in [-0.4, -0.2) is 48.5 Å². The first-order valence-corrected chi connectivity index (χ1v) is 10.1. The van der Waals surface area contributed by atoms with Gasteiger partial charge in [-0.1, -0.05) is 24.3 Å². The average molecular weight is 382 g/mol. The molecule has 0 bridgehead atoms. The Bertz CT molecular complexity index is 798. The summed E-state index contributed by atoms with van der Waals surface area (Å²) in [5.74, 6) is 1.41. The van der Waals surface area contributed by atoms with Gasteiger partial charge in [-0.05, 0) is 73.7 Å². The van der Waals surface area contributed by atoms with Gasteiger partial charge in [0, 0.05) is 13.1 Å². The fourth-order valence-corrected chi connectivity index (χ4v) is 4.45. The van der Waals surface area contributed by atoms with Gasteiger partial charge in [0.05, 0.1) is 13.2 Å². The van der Waals surface area contributed by atoms with Gasteiger partial charge in [-0.3, -0.25) is 9.69 Å². The van der Waals surface area contributed by atoms with Crippen LogP contribution in [0.15, 0.2) is 48.5 Å². The fraction of sp³-hybridized carbons (Fsp3) is 0.435. The summed E-state index contributed by atoms with van der Waals surface area (Å²) < 4.78 is 18.3. The lowest BCUT2D eigenvalue weighted by atomic mass is 9.89. The number of benzene rings is 2. The van der Waals surface area contributed by atoms with Gasteiger partial charge in [0.1, 0.15) is 11.6 Å². The zero-order valence-electron chi connectivity index (χ0n) is 16.3. The van der Waals surface area contributed by atoms with E-state index in [1.807, 2.05) is 17.0 Å². The van der Waals surface area contributed by atoms with Gasteiger partial charge in [-0.2, -0.15) is 0 Å². The van der Waals surface area contributed by atoms with E-state index in [-0.39, 0.29) is 17.8 Å². The second kappa shape index (κ2) is 8.31. The van der Waals surface area contributed by atoms with E-state index in [1.54, 1.807) is 19.2 Å². The largest absolute Gasteiger partial charge is 0.497 e. The van der Waals surface area contributed by atoms with Crippen LogP contribution in [-0.2, 0) is 11.3 Å². The first-order valence-electron chi connectivity index (χ1n) is 10.1. The Morgan fingerprint density at radius 2 is 1.64 bits per heavy atom. The molecule has 4 rings (SSSR count). The molecule has 5 heteroatoms. The number of amides is 1. The fourth-order valence-electron chi connectivity index (χ4n) is 4.45. The van der Waals surface area contributed by atoms with Crippen LogP contribution >= 0.6 is 0 Å². The van der Waals surface area contributed by atoms with Crippen molar-refractivity contribution in [3.8, 4) is 5.75 Å².